The van der Waals surface area contributed by atoms with E-state index in [1.807, 2.05) is 0 Å². The number of halogens is 3. The van der Waals surface area contributed by atoms with E-state index in [1.54, 1.807) is 0 Å². The van der Waals surface area contributed by atoms with Gasteiger partial charge in [0, 0.05) is 0 Å². The molecule has 10 heavy (non-hydrogen) atoms. The molecule has 0 heterocycles. The molecule has 1 rings (SSSR count). The third kappa shape index (κ3) is 1.26. The van der Waals surface area contributed by atoms with Crippen LogP contribution in [0.25, 0.3) is 0 Å². The molecule has 0 aromatic heterocycles. The van der Waals surface area contributed by atoms with Crippen molar-refractivity contribution >= 4 is 0 Å². The van der Waals surface area contributed by atoms with Crippen LogP contribution in [0.3, 0.4) is 0 Å². The van der Waals surface area contributed by atoms with Crippen LogP contribution in [0.15, 0.2) is 0 Å². The second-order valence-corrected chi connectivity index (χ2v) is 2.87. The number of alkyl halides is 3. The Balaban J connectivity index is 2.57. The molecule has 1 unspecified atom stereocenters. The Labute approximate surface area is 56.8 Å². The van der Waals surface area contributed by atoms with Crippen molar-refractivity contribution in [1.82, 2.24) is 0 Å². The molecule has 1 fully saturated rings. The highest BCUT2D eigenvalue weighted by Gasteiger charge is 2.56. The summed E-state index contributed by atoms with van der Waals surface area (Å²) in [7, 11) is 0. The normalized spacial score (nSPS) is 26.1. The average Bonchev–Trinajstić information content (AvgIpc) is 2.45. The van der Waals surface area contributed by atoms with Crippen molar-refractivity contribution in [2.75, 3.05) is 0 Å². The third-order valence-electron chi connectivity index (χ3n) is 2.06. The minimum Gasteiger partial charge on any atom is -0.389 e. The lowest BCUT2D eigenvalue weighted by atomic mass is 10.0. The summed E-state index contributed by atoms with van der Waals surface area (Å²) in [5, 5.41) is 9.01. The van der Waals surface area contributed by atoms with Crippen LogP contribution in [0.2, 0.25) is 0 Å². The molecule has 0 aromatic rings. The van der Waals surface area contributed by atoms with E-state index in [2.05, 4.69) is 0 Å². The van der Waals surface area contributed by atoms with Gasteiger partial charge in [0.15, 0.2) is 0 Å². The molecular formula is C6H9F3O. The Morgan fingerprint density at radius 3 is 1.90 bits per heavy atom. The Kier molecular flexibility index (Phi) is 1.47. The fourth-order valence-corrected chi connectivity index (χ4v) is 0.866. The first-order chi connectivity index (χ1) is 4.36. The zero-order valence-corrected chi connectivity index (χ0v) is 5.57. The number of hydrogen-bond donors (Lipinski definition) is 1. The highest BCUT2D eigenvalue weighted by molar-refractivity contribution is 4.99. The van der Waals surface area contributed by atoms with Crippen molar-refractivity contribution in [3.63, 3.8) is 0 Å². The van der Waals surface area contributed by atoms with E-state index in [0.29, 0.717) is 0 Å². The SMILES string of the molecule is CC(C(F)(F)F)C1(O)CC1. The van der Waals surface area contributed by atoms with Gasteiger partial charge in [0.25, 0.3) is 0 Å². The topological polar surface area (TPSA) is 20.2 Å². The maximum Gasteiger partial charge on any atom is 0.394 e. The summed E-state index contributed by atoms with van der Waals surface area (Å²) in [5.74, 6) is -1.57. The second-order valence-electron chi connectivity index (χ2n) is 2.87. The van der Waals surface area contributed by atoms with Crippen molar-refractivity contribution in [3.05, 3.63) is 0 Å². The largest absolute Gasteiger partial charge is 0.394 e. The lowest BCUT2D eigenvalue weighted by molar-refractivity contribution is -0.199. The van der Waals surface area contributed by atoms with Crippen molar-refractivity contribution in [1.29, 1.82) is 0 Å². The summed E-state index contributed by atoms with van der Waals surface area (Å²) in [5.41, 5.74) is -1.43. The second kappa shape index (κ2) is 1.87. The number of hydrogen-bond acceptors (Lipinski definition) is 1. The molecule has 1 N–H and O–H groups in total. The zero-order chi connectivity index (χ0) is 7.99. The van der Waals surface area contributed by atoms with Crippen LogP contribution >= 0.6 is 0 Å². The first-order valence-electron chi connectivity index (χ1n) is 3.15. The van der Waals surface area contributed by atoms with Gasteiger partial charge in [-0.3, -0.25) is 0 Å². The molecule has 1 atom stereocenters. The van der Waals surface area contributed by atoms with Crippen LogP contribution in [0.1, 0.15) is 19.8 Å². The molecule has 60 valence electrons. The van der Waals surface area contributed by atoms with Gasteiger partial charge < -0.3 is 5.11 Å². The summed E-state index contributed by atoms with van der Waals surface area (Å²) in [4.78, 5) is 0. The fourth-order valence-electron chi connectivity index (χ4n) is 0.866. The minimum absolute atomic E-state index is 0.285. The fraction of sp³-hybridized carbons (Fsp3) is 1.00. The molecule has 0 saturated heterocycles. The standard InChI is InChI=1S/C6H9F3O/c1-4(6(7,8)9)5(10)2-3-5/h4,10H,2-3H2,1H3. The van der Waals surface area contributed by atoms with Crippen LogP contribution in [0.4, 0.5) is 13.2 Å². The van der Waals surface area contributed by atoms with Gasteiger partial charge in [-0.2, -0.15) is 13.2 Å². The molecule has 1 aliphatic rings. The monoisotopic (exact) mass is 154 g/mol. The van der Waals surface area contributed by atoms with E-state index in [1.165, 1.54) is 0 Å². The van der Waals surface area contributed by atoms with Crippen molar-refractivity contribution in [2.45, 2.75) is 31.5 Å². The summed E-state index contributed by atoms with van der Waals surface area (Å²) >= 11 is 0. The third-order valence-corrected chi connectivity index (χ3v) is 2.06. The molecule has 1 nitrogen and oxygen atoms in total. The maximum atomic E-state index is 11.8. The van der Waals surface area contributed by atoms with Gasteiger partial charge in [-0.1, -0.05) is 6.92 Å². The van der Waals surface area contributed by atoms with E-state index in [4.69, 9.17) is 5.11 Å². The molecule has 1 aliphatic carbocycles. The van der Waals surface area contributed by atoms with Crippen LogP contribution < -0.4 is 0 Å². The first kappa shape index (κ1) is 7.85. The highest BCUT2D eigenvalue weighted by atomic mass is 19.4. The average molecular weight is 154 g/mol. The van der Waals surface area contributed by atoms with Crippen LogP contribution in [0, 0.1) is 5.92 Å². The van der Waals surface area contributed by atoms with Gasteiger partial charge in [0.2, 0.25) is 0 Å². The highest BCUT2D eigenvalue weighted by Crippen LogP contribution is 2.48. The Morgan fingerprint density at radius 2 is 1.80 bits per heavy atom. The summed E-state index contributed by atoms with van der Waals surface area (Å²) in [6.45, 7) is 1.02. The molecule has 1 saturated carbocycles. The van der Waals surface area contributed by atoms with Gasteiger partial charge >= 0.3 is 6.18 Å². The van der Waals surface area contributed by atoms with Crippen molar-refractivity contribution < 1.29 is 18.3 Å². The molecule has 4 heteroatoms. The molecule has 0 radical (unpaired) electrons. The van der Waals surface area contributed by atoms with Gasteiger partial charge in [-0.15, -0.1) is 0 Å². The van der Waals surface area contributed by atoms with Crippen molar-refractivity contribution in [2.24, 2.45) is 5.92 Å². The van der Waals surface area contributed by atoms with Crippen molar-refractivity contribution in [3.8, 4) is 0 Å². The quantitative estimate of drug-likeness (QED) is 0.609. The Morgan fingerprint density at radius 1 is 1.40 bits per heavy atom. The van der Waals surface area contributed by atoms with Crippen LogP contribution in [-0.4, -0.2) is 16.9 Å². The molecular weight excluding hydrogens is 145 g/mol. The van der Waals surface area contributed by atoms with Crippen LogP contribution in [-0.2, 0) is 0 Å². The van der Waals surface area contributed by atoms with Gasteiger partial charge in [-0.25, -0.2) is 0 Å². The van der Waals surface area contributed by atoms with E-state index in [0.717, 1.165) is 6.92 Å². The predicted molar refractivity (Wildman–Crippen MR) is 29.4 cm³/mol. The number of rotatable bonds is 1. The van der Waals surface area contributed by atoms with E-state index in [-0.39, 0.29) is 12.8 Å². The smallest absolute Gasteiger partial charge is 0.389 e. The molecule has 0 aromatic carbocycles. The lowest BCUT2D eigenvalue weighted by Crippen LogP contribution is -2.32. The maximum absolute atomic E-state index is 11.8. The molecule has 0 aliphatic heterocycles. The zero-order valence-electron chi connectivity index (χ0n) is 5.57. The molecule has 0 bridgehead atoms. The Bertz CT molecular complexity index is 131. The minimum atomic E-state index is -4.24. The summed E-state index contributed by atoms with van der Waals surface area (Å²) < 4.78 is 35.5. The Hall–Kier alpha value is -0.250. The van der Waals surface area contributed by atoms with Gasteiger partial charge in [-0.05, 0) is 12.8 Å². The molecule has 0 amide bonds. The first-order valence-corrected chi connectivity index (χ1v) is 3.15. The summed E-state index contributed by atoms with van der Waals surface area (Å²) in [6.07, 6.45) is -3.67. The van der Waals surface area contributed by atoms with E-state index in [9.17, 15) is 13.2 Å². The predicted octanol–water partition coefficient (Wildman–Crippen LogP) is 1.71. The number of aliphatic hydroxyl groups is 1. The van der Waals surface area contributed by atoms with E-state index >= 15 is 0 Å². The van der Waals surface area contributed by atoms with Gasteiger partial charge in [0.05, 0.1) is 11.5 Å². The van der Waals surface area contributed by atoms with Crippen LogP contribution in [0.5, 0.6) is 0 Å². The van der Waals surface area contributed by atoms with E-state index < -0.39 is 17.7 Å². The van der Waals surface area contributed by atoms with Gasteiger partial charge in [0.1, 0.15) is 0 Å². The lowest BCUT2D eigenvalue weighted by Gasteiger charge is -2.20. The summed E-state index contributed by atoms with van der Waals surface area (Å²) in [6, 6.07) is 0. The molecule has 0 spiro atoms.